The number of aliphatic imine (C=N–C) groups is 1. The number of fused-ring (bicyclic) bond motifs is 1. The normalized spacial score (nSPS) is 25.5. The smallest absolute Gasteiger partial charge is 0.160 e. The molecule has 1 aromatic carbocycles. The molecule has 2 aromatic rings. The third kappa shape index (κ3) is 3.45. The fourth-order valence-electron chi connectivity index (χ4n) is 4.91. The Labute approximate surface area is 183 Å². The van der Waals surface area contributed by atoms with E-state index >= 15 is 0 Å². The van der Waals surface area contributed by atoms with E-state index < -0.39 is 0 Å². The van der Waals surface area contributed by atoms with Crippen molar-refractivity contribution in [2.75, 3.05) is 30.3 Å². The first-order valence-corrected chi connectivity index (χ1v) is 12.2. The highest BCUT2D eigenvalue weighted by molar-refractivity contribution is 8.14. The van der Waals surface area contributed by atoms with Crippen molar-refractivity contribution in [3.05, 3.63) is 53.9 Å². The van der Waals surface area contributed by atoms with Gasteiger partial charge in [0.1, 0.15) is 11.8 Å². The van der Waals surface area contributed by atoms with Gasteiger partial charge in [0.05, 0.1) is 18.3 Å². The van der Waals surface area contributed by atoms with Gasteiger partial charge in [-0.2, -0.15) is 0 Å². The van der Waals surface area contributed by atoms with Crippen LogP contribution in [0.25, 0.3) is 0 Å². The van der Waals surface area contributed by atoms with E-state index in [2.05, 4.69) is 59.0 Å². The van der Waals surface area contributed by atoms with Crippen LogP contribution in [0, 0.1) is 0 Å². The third-order valence-corrected chi connectivity index (χ3v) is 7.54. The standard InChI is InChI=1S/C24H30N4OS/c1-3-17-16-30-24-26-22(20-9-5-6-12-25-20)23(28(17)24)19-11-10-18(15-21(19)29-4-2)27-13-7-8-14-27/h5-6,9-12,15,17,22-23H,3-4,7-8,13-14,16H2,1-2H3/t17-,22+,23-/m1/s1. The minimum Gasteiger partial charge on any atom is -0.493 e. The topological polar surface area (TPSA) is 41.0 Å². The van der Waals surface area contributed by atoms with Crippen molar-refractivity contribution in [3.63, 3.8) is 0 Å². The summed E-state index contributed by atoms with van der Waals surface area (Å²) < 4.78 is 6.22. The average molecular weight is 423 g/mol. The van der Waals surface area contributed by atoms with E-state index in [1.165, 1.54) is 24.1 Å². The van der Waals surface area contributed by atoms with Crippen molar-refractivity contribution in [2.45, 2.75) is 51.2 Å². The molecule has 0 bridgehead atoms. The van der Waals surface area contributed by atoms with E-state index in [0.29, 0.717) is 12.6 Å². The highest BCUT2D eigenvalue weighted by Gasteiger charge is 2.46. The SMILES string of the molecule is CCOc1cc(N2CCCC2)ccc1[C@@H]1[C@H](c2ccccn2)N=C2SC[C@@H](CC)N21. The molecule has 1 aromatic heterocycles. The quantitative estimate of drug-likeness (QED) is 0.651. The number of amidine groups is 1. The lowest BCUT2D eigenvalue weighted by Gasteiger charge is -2.33. The lowest BCUT2D eigenvalue weighted by atomic mass is 9.94. The van der Waals surface area contributed by atoms with E-state index in [0.717, 1.165) is 41.9 Å². The summed E-state index contributed by atoms with van der Waals surface area (Å²) in [6.07, 6.45) is 5.54. The molecule has 3 atom stereocenters. The van der Waals surface area contributed by atoms with Crippen LogP contribution in [0.1, 0.15) is 56.5 Å². The largest absolute Gasteiger partial charge is 0.493 e. The maximum atomic E-state index is 6.22. The highest BCUT2D eigenvalue weighted by Crippen LogP contribution is 2.51. The van der Waals surface area contributed by atoms with E-state index in [9.17, 15) is 0 Å². The van der Waals surface area contributed by atoms with Gasteiger partial charge in [0, 0.05) is 48.4 Å². The monoisotopic (exact) mass is 422 g/mol. The summed E-state index contributed by atoms with van der Waals surface area (Å²) in [7, 11) is 0. The second-order valence-electron chi connectivity index (χ2n) is 8.19. The Hall–Kier alpha value is -2.21. The van der Waals surface area contributed by atoms with Gasteiger partial charge in [0.25, 0.3) is 0 Å². The van der Waals surface area contributed by atoms with Gasteiger partial charge < -0.3 is 14.5 Å². The van der Waals surface area contributed by atoms with E-state index in [1.54, 1.807) is 0 Å². The number of pyridine rings is 1. The van der Waals surface area contributed by atoms with Gasteiger partial charge in [-0.25, -0.2) is 0 Å². The van der Waals surface area contributed by atoms with Crippen molar-refractivity contribution < 1.29 is 4.74 Å². The molecule has 0 aliphatic carbocycles. The molecular formula is C24H30N4OS. The van der Waals surface area contributed by atoms with Gasteiger partial charge in [0.2, 0.25) is 0 Å². The summed E-state index contributed by atoms with van der Waals surface area (Å²) in [4.78, 5) is 14.8. The van der Waals surface area contributed by atoms with Crippen molar-refractivity contribution in [1.29, 1.82) is 0 Å². The van der Waals surface area contributed by atoms with Crippen LogP contribution in [0.5, 0.6) is 5.75 Å². The highest BCUT2D eigenvalue weighted by atomic mass is 32.2. The van der Waals surface area contributed by atoms with E-state index in [-0.39, 0.29) is 12.1 Å². The maximum absolute atomic E-state index is 6.22. The zero-order chi connectivity index (χ0) is 20.5. The summed E-state index contributed by atoms with van der Waals surface area (Å²) in [5, 5.41) is 1.16. The average Bonchev–Trinajstić information content (AvgIpc) is 3.52. The first-order valence-electron chi connectivity index (χ1n) is 11.2. The van der Waals surface area contributed by atoms with E-state index in [4.69, 9.17) is 9.73 Å². The number of rotatable bonds is 6. The molecule has 2 saturated heterocycles. The molecule has 30 heavy (non-hydrogen) atoms. The lowest BCUT2D eigenvalue weighted by Crippen LogP contribution is -2.35. The van der Waals surface area contributed by atoms with Gasteiger partial charge in [-0.05, 0) is 44.4 Å². The summed E-state index contributed by atoms with van der Waals surface area (Å²) >= 11 is 1.88. The van der Waals surface area contributed by atoms with Crippen molar-refractivity contribution in [3.8, 4) is 5.75 Å². The predicted octanol–water partition coefficient (Wildman–Crippen LogP) is 5.06. The number of hydrogen-bond acceptors (Lipinski definition) is 6. The zero-order valence-corrected chi connectivity index (χ0v) is 18.6. The third-order valence-electron chi connectivity index (χ3n) is 6.42. The van der Waals surface area contributed by atoms with E-state index in [1.807, 2.05) is 24.0 Å². The first kappa shape index (κ1) is 19.7. The summed E-state index contributed by atoms with van der Waals surface area (Å²) in [5.41, 5.74) is 3.54. The van der Waals surface area contributed by atoms with Crippen LogP contribution in [0.4, 0.5) is 5.69 Å². The number of nitrogens with zero attached hydrogens (tertiary/aromatic N) is 4. The Kier molecular flexibility index (Phi) is 5.59. The van der Waals surface area contributed by atoms with Crippen LogP contribution >= 0.6 is 11.8 Å². The number of anilines is 1. The first-order chi connectivity index (χ1) is 14.8. The number of aromatic nitrogens is 1. The Balaban J connectivity index is 1.58. The molecule has 4 heterocycles. The van der Waals surface area contributed by atoms with Crippen LogP contribution in [-0.4, -0.2) is 46.5 Å². The molecule has 5 rings (SSSR count). The molecule has 3 aliphatic heterocycles. The van der Waals surface area contributed by atoms with Gasteiger partial charge in [-0.3, -0.25) is 9.98 Å². The Morgan fingerprint density at radius 2 is 2.00 bits per heavy atom. The minimum atomic E-state index is -0.0000993. The van der Waals surface area contributed by atoms with Crippen LogP contribution in [-0.2, 0) is 0 Å². The molecule has 0 spiro atoms. The van der Waals surface area contributed by atoms with Crippen LogP contribution in [0.15, 0.2) is 47.6 Å². The summed E-state index contributed by atoms with van der Waals surface area (Å²) in [5.74, 6) is 2.10. The molecule has 0 amide bonds. The molecule has 0 unspecified atom stereocenters. The Morgan fingerprint density at radius 1 is 1.13 bits per heavy atom. The number of thioether (sulfide) groups is 1. The lowest BCUT2D eigenvalue weighted by molar-refractivity contribution is 0.245. The maximum Gasteiger partial charge on any atom is 0.160 e. The fourth-order valence-corrected chi connectivity index (χ4v) is 6.24. The molecule has 5 nitrogen and oxygen atoms in total. The van der Waals surface area contributed by atoms with Crippen LogP contribution in [0.3, 0.4) is 0 Å². The minimum absolute atomic E-state index is 0.0000993. The van der Waals surface area contributed by atoms with Crippen molar-refractivity contribution in [2.24, 2.45) is 4.99 Å². The van der Waals surface area contributed by atoms with Gasteiger partial charge in [-0.1, -0.05) is 30.8 Å². The summed E-state index contributed by atoms with van der Waals surface area (Å²) in [6, 6.07) is 13.6. The van der Waals surface area contributed by atoms with Gasteiger partial charge in [-0.15, -0.1) is 0 Å². The molecule has 6 heteroatoms. The molecule has 0 radical (unpaired) electrons. The zero-order valence-electron chi connectivity index (χ0n) is 17.8. The van der Waals surface area contributed by atoms with Crippen molar-refractivity contribution in [1.82, 2.24) is 9.88 Å². The molecule has 2 fully saturated rings. The van der Waals surface area contributed by atoms with Crippen molar-refractivity contribution >= 4 is 22.6 Å². The second kappa shape index (κ2) is 8.50. The summed E-state index contributed by atoms with van der Waals surface area (Å²) in [6.45, 7) is 7.29. The number of hydrogen-bond donors (Lipinski definition) is 0. The molecule has 158 valence electrons. The Bertz CT molecular complexity index is 913. The Morgan fingerprint density at radius 3 is 2.73 bits per heavy atom. The number of benzene rings is 1. The second-order valence-corrected chi connectivity index (χ2v) is 9.17. The molecule has 0 N–H and O–H groups in total. The molecule has 0 saturated carbocycles. The van der Waals surface area contributed by atoms with Gasteiger partial charge in [0.15, 0.2) is 5.17 Å². The van der Waals surface area contributed by atoms with Crippen LogP contribution in [0.2, 0.25) is 0 Å². The van der Waals surface area contributed by atoms with Crippen LogP contribution < -0.4 is 9.64 Å². The van der Waals surface area contributed by atoms with Gasteiger partial charge >= 0.3 is 0 Å². The number of ether oxygens (including phenoxy) is 1. The molecular weight excluding hydrogens is 392 g/mol. The fraction of sp³-hybridized carbons (Fsp3) is 0.500. The predicted molar refractivity (Wildman–Crippen MR) is 125 cm³/mol. The molecule has 3 aliphatic rings.